The molecule has 1 amide bonds. The van der Waals surface area contributed by atoms with E-state index in [9.17, 15) is 9.59 Å². The first-order valence-corrected chi connectivity index (χ1v) is 11.2. The third-order valence-corrected chi connectivity index (χ3v) is 6.05. The summed E-state index contributed by atoms with van der Waals surface area (Å²) in [5.41, 5.74) is 2.98. The predicted octanol–water partition coefficient (Wildman–Crippen LogP) is 2.34. The number of likely N-dealkylation sites (tertiary alicyclic amines) is 1. The van der Waals surface area contributed by atoms with E-state index in [-0.39, 0.29) is 24.1 Å². The standard InChI is InChI=1S/C25H26N6O2/c32-24(27-21-11-13-29(14-12-21)16-19-7-3-1-4-8-19)17-30-25(33)23-15-22(28-31(23)18-26-30)20-9-5-2-6-10-20/h1-10,15,18,21H,11-14,16-17H2,(H,27,32). The highest BCUT2D eigenvalue weighted by molar-refractivity contribution is 5.76. The van der Waals surface area contributed by atoms with Crippen LogP contribution in [0.1, 0.15) is 18.4 Å². The molecule has 1 saturated heterocycles. The van der Waals surface area contributed by atoms with Gasteiger partial charge in [0, 0.05) is 31.2 Å². The molecule has 0 unspecified atom stereocenters. The lowest BCUT2D eigenvalue weighted by Crippen LogP contribution is -2.46. The molecule has 1 N–H and O–H groups in total. The summed E-state index contributed by atoms with van der Waals surface area (Å²) in [6, 6.07) is 21.9. The fraction of sp³-hybridized carbons (Fsp3) is 0.280. The number of nitrogens with one attached hydrogen (secondary N) is 1. The quantitative estimate of drug-likeness (QED) is 0.496. The highest BCUT2D eigenvalue weighted by Gasteiger charge is 2.21. The lowest BCUT2D eigenvalue weighted by atomic mass is 10.0. The molecule has 0 spiro atoms. The summed E-state index contributed by atoms with van der Waals surface area (Å²) in [7, 11) is 0. The van der Waals surface area contributed by atoms with Crippen LogP contribution in [-0.4, -0.2) is 49.3 Å². The molecule has 2 aromatic heterocycles. The van der Waals surface area contributed by atoms with Crippen LogP contribution in [0.3, 0.4) is 0 Å². The number of hydrogen-bond acceptors (Lipinski definition) is 5. The SMILES string of the molecule is O=C(Cn1ncn2nc(-c3ccccc3)cc2c1=O)NC1CCN(Cc2ccccc2)CC1. The molecule has 8 nitrogen and oxygen atoms in total. The summed E-state index contributed by atoms with van der Waals surface area (Å²) in [5, 5.41) is 11.6. The van der Waals surface area contributed by atoms with Gasteiger partial charge < -0.3 is 5.32 Å². The minimum absolute atomic E-state index is 0.106. The van der Waals surface area contributed by atoms with Crippen molar-refractivity contribution in [3.8, 4) is 11.3 Å². The maximum Gasteiger partial charge on any atom is 0.293 e. The monoisotopic (exact) mass is 442 g/mol. The first kappa shape index (κ1) is 21.1. The summed E-state index contributed by atoms with van der Waals surface area (Å²) in [5.74, 6) is -0.196. The van der Waals surface area contributed by atoms with Crippen LogP contribution in [0.4, 0.5) is 0 Å². The number of nitrogens with zero attached hydrogens (tertiary/aromatic N) is 5. The van der Waals surface area contributed by atoms with Crippen LogP contribution in [0, 0.1) is 0 Å². The number of carbonyl (C=O) groups is 1. The van der Waals surface area contributed by atoms with Gasteiger partial charge in [0.25, 0.3) is 5.56 Å². The minimum atomic E-state index is -0.333. The molecule has 33 heavy (non-hydrogen) atoms. The second kappa shape index (κ2) is 9.38. The molecule has 1 aliphatic heterocycles. The van der Waals surface area contributed by atoms with Crippen molar-refractivity contribution in [2.24, 2.45) is 0 Å². The van der Waals surface area contributed by atoms with Crippen molar-refractivity contribution in [1.82, 2.24) is 29.6 Å². The van der Waals surface area contributed by atoms with E-state index in [1.165, 1.54) is 21.1 Å². The van der Waals surface area contributed by atoms with Gasteiger partial charge in [-0.3, -0.25) is 14.5 Å². The number of piperidine rings is 1. The van der Waals surface area contributed by atoms with E-state index in [4.69, 9.17) is 0 Å². The molecule has 2 aromatic carbocycles. The molecule has 4 aromatic rings. The van der Waals surface area contributed by atoms with Crippen LogP contribution in [-0.2, 0) is 17.9 Å². The smallest absolute Gasteiger partial charge is 0.293 e. The highest BCUT2D eigenvalue weighted by Crippen LogP contribution is 2.17. The fourth-order valence-corrected chi connectivity index (χ4v) is 4.29. The number of benzene rings is 2. The number of amides is 1. The van der Waals surface area contributed by atoms with Crippen molar-refractivity contribution in [2.45, 2.75) is 32.0 Å². The van der Waals surface area contributed by atoms with Gasteiger partial charge in [-0.05, 0) is 24.5 Å². The van der Waals surface area contributed by atoms with Gasteiger partial charge in [0.05, 0.1) is 5.69 Å². The van der Waals surface area contributed by atoms with Crippen molar-refractivity contribution in [1.29, 1.82) is 0 Å². The van der Waals surface area contributed by atoms with Crippen molar-refractivity contribution >= 4 is 11.4 Å². The van der Waals surface area contributed by atoms with Crippen molar-refractivity contribution in [2.75, 3.05) is 13.1 Å². The Bertz CT molecular complexity index is 1290. The minimum Gasteiger partial charge on any atom is -0.352 e. The van der Waals surface area contributed by atoms with Crippen LogP contribution in [0.25, 0.3) is 16.8 Å². The lowest BCUT2D eigenvalue weighted by Gasteiger charge is -2.32. The molecule has 0 saturated carbocycles. The van der Waals surface area contributed by atoms with Crippen LogP contribution in [0.5, 0.6) is 0 Å². The Hall–Kier alpha value is -3.78. The highest BCUT2D eigenvalue weighted by atomic mass is 16.2. The third kappa shape index (κ3) is 4.85. The molecular weight excluding hydrogens is 416 g/mol. The second-order valence-electron chi connectivity index (χ2n) is 8.42. The zero-order chi connectivity index (χ0) is 22.6. The van der Waals surface area contributed by atoms with Gasteiger partial charge in [-0.15, -0.1) is 0 Å². The van der Waals surface area contributed by atoms with Gasteiger partial charge in [0.1, 0.15) is 18.4 Å². The lowest BCUT2D eigenvalue weighted by molar-refractivity contribution is -0.123. The van der Waals surface area contributed by atoms with E-state index in [1.54, 1.807) is 6.07 Å². The van der Waals surface area contributed by atoms with E-state index in [1.807, 2.05) is 36.4 Å². The van der Waals surface area contributed by atoms with Gasteiger partial charge in [0.2, 0.25) is 5.91 Å². The van der Waals surface area contributed by atoms with Gasteiger partial charge in [-0.1, -0.05) is 60.7 Å². The first-order chi connectivity index (χ1) is 16.2. The van der Waals surface area contributed by atoms with E-state index in [2.05, 4.69) is 44.7 Å². The van der Waals surface area contributed by atoms with Crippen LogP contribution in [0.2, 0.25) is 0 Å². The molecule has 0 atom stereocenters. The van der Waals surface area contributed by atoms with Crippen LogP contribution in [0.15, 0.2) is 77.9 Å². The molecule has 168 valence electrons. The summed E-state index contributed by atoms with van der Waals surface area (Å²) in [4.78, 5) is 27.9. The Morgan fingerprint density at radius 1 is 1.00 bits per heavy atom. The van der Waals surface area contributed by atoms with Crippen molar-refractivity contribution in [3.63, 3.8) is 0 Å². The number of hydrogen-bond donors (Lipinski definition) is 1. The summed E-state index contributed by atoms with van der Waals surface area (Å²) in [6.45, 7) is 2.69. The maximum atomic E-state index is 12.9. The largest absolute Gasteiger partial charge is 0.352 e. The Kier molecular flexibility index (Phi) is 5.99. The molecular formula is C25H26N6O2. The van der Waals surface area contributed by atoms with Crippen LogP contribution >= 0.6 is 0 Å². The first-order valence-electron chi connectivity index (χ1n) is 11.2. The molecule has 0 bridgehead atoms. The Balaban J connectivity index is 1.19. The van der Waals surface area contributed by atoms with E-state index in [0.29, 0.717) is 11.2 Å². The fourth-order valence-electron chi connectivity index (χ4n) is 4.29. The molecule has 1 fully saturated rings. The average Bonchev–Trinajstić information content (AvgIpc) is 3.29. The number of aromatic nitrogens is 4. The zero-order valence-electron chi connectivity index (χ0n) is 18.3. The Morgan fingerprint density at radius 3 is 2.42 bits per heavy atom. The topological polar surface area (TPSA) is 84.5 Å². The molecule has 0 radical (unpaired) electrons. The maximum absolute atomic E-state index is 12.9. The molecule has 3 heterocycles. The zero-order valence-corrected chi connectivity index (χ0v) is 18.3. The number of fused-ring (bicyclic) bond motifs is 1. The van der Waals surface area contributed by atoms with Crippen molar-refractivity contribution < 1.29 is 4.79 Å². The summed E-state index contributed by atoms with van der Waals surface area (Å²) >= 11 is 0. The van der Waals surface area contributed by atoms with Gasteiger partial charge in [-0.25, -0.2) is 9.20 Å². The summed E-state index contributed by atoms with van der Waals surface area (Å²) < 4.78 is 2.66. The van der Waals surface area contributed by atoms with E-state index >= 15 is 0 Å². The Labute approximate surface area is 191 Å². The van der Waals surface area contributed by atoms with E-state index < -0.39 is 0 Å². The molecule has 1 aliphatic rings. The molecule has 0 aliphatic carbocycles. The Morgan fingerprint density at radius 2 is 1.70 bits per heavy atom. The second-order valence-corrected chi connectivity index (χ2v) is 8.42. The van der Waals surface area contributed by atoms with Crippen LogP contribution < -0.4 is 10.9 Å². The normalized spacial score (nSPS) is 15.0. The van der Waals surface area contributed by atoms with Gasteiger partial charge in [0.15, 0.2) is 0 Å². The number of carbonyl (C=O) groups excluding carboxylic acids is 1. The predicted molar refractivity (Wildman–Crippen MR) is 126 cm³/mol. The summed E-state index contributed by atoms with van der Waals surface area (Å²) in [6.07, 6.45) is 3.25. The van der Waals surface area contributed by atoms with Gasteiger partial charge in [-0.2, -0.15) is 10.2 Å². The molecule has 5 rings (SSSR count). The average molecular weight is 443 g/mol. The third-order valence-electron chi connectivity index (χ3n) is 6.05. The van der Waals surface area contributed by atoms with E-state index in [0.717, 1.165) is 38.0 Å². The molecule has 8 heteroatoms. The number of rotatable bonds is 6. The van der Waals surface area contributed by atoms with Crippen molar-refractivity contribution in [3.05, 3.63) is 89.0 Å². The van der Waals surface area contributed by atoms with Gasteiger partial charge >= 0.3 is 0 Å².